The van der Waals surface area contributed by atoms with E-state index in [0.717, 1.165) is 12.1 Å². The lowest BCUT2D eigenvalue weighted by atomic mass is 10.1. The maximum Gasteiger partial charge on any atom is 0.416 e. The van der Waals surface area contributed by atoms with Crippen molar-refractivity contribution in [3.05, 3.63) is 47.5 Å². The van der Waals surface area contributed by atoms with Crippen LogP contribution in [0.4, 0.5) is 18.9 Å². The van der Waals surface area contributed by atoms with Gasteiger partial charge in [-0.15, -0.1) is 0 Å². The fourth-order valence-corrected chi connectivity index (χ4v) is 3.80. The Hall–Kier alpha value is -3.23. The Balaban J connectivity index is 1.75. The number of piperazine rings is 1. The number of carbonyl (C=O) groups excluding carboxylic acids is 1. The van der Waals surface area contributed by atoms with Crippen LogP contribution in [0.1, 0.15) is 25.0 Å². The van der Waals surface area contributed by atoms with Crippen LogP contribution >= 0.6 is 0 Å². The van der Waals surface area contributed by atoms with Gasteiger partial charge in [0.1, 0.15) is 23.0 Å². The van der Waals surface area contributed by atoms with Gasteiger partial charge in [-0.2, -0.15) is 13.2 Å². The second-order valence-corrected chi connectivity index (χ2v) is 8.05. The van der Waals surface area contributed by atoms with E-state index in [1.54, 1.807) is 23.1 Å². The summed E-state index contributed by atoms with van der Waals surface area (Å²) in [5.41, 5.74) is -0.0674. The average Bonchev–Trinajstić information content (AvgIpc) is 2.93. The number of rotatable bonds is 2. The molecule has 0 atom stereocenters. The summed E-state index contributed by atoms with van der Waals surface area (Å²) < 4.78 is 51.2. The van der Waals surface area contributed by atoms with E-state index < -0.39 is 11.7 Å². The van der Waals surface area contributed by atoms with Crippen LogP contribution < -0.4 is 9.47 Å². The number of ether oxygens (including phenoxy) is 2. The van der Waals surface area contributed by atoms with Gasteiger partial charge in [-0.25, -0.2) is 4.99 Å². The predicted octanol–water partition coefficient (Wildman–Crippen LogP) is 4.70. The quantitative estimate of drug-likeness (QED) is 0.670. The maximum atomic E-state index is 13.3. The van der Waals surface area contributed by atoms with E-state index in [9.17, 15) is 18.0 Å². The number of amides is 1. The lowest BCUT2D eigenvalue weighted by Crippen LogP contribution is -2.51. The zero-order valence-electron chi connectivity index (χ0n) is 18.1. The number of benzene rings is 2. The second-order valence-electron chi connectivity index (χ2n) is 8.05. The normalized spacial score (nSPS) is 16.0. The van der Waals surface area contributed by atoms with Crippen molar-refractivity contribution in [1.29, 1.82) is 0 Å². The number of hydrogen-bond acceptors (Lipinski definition) is 5. The van der Waals surface area contributed by atoms with Crippen LogP contribution in [-0.4, -0.2) is 54.8 Å². The molecule has 0 unspecified atom stereocenters. The molecule has 0 N–H and O–H groups in total. The van der Waals surface area contributed by atoms with Crippen LogP contribution in [0.2, 0.25) is 0 Å². The van der Waals surface area contributed by atoms with Gasteiger partial charge in [0.2, 0.25) is 5.91 Å². The third-order valence-corrected chi connectivity index (χ3v) is 5.54. The molecule has 2 heterocycles. The van der Waals surface area contributed by atoms with E-state index in [0.29, 0.717) is 49.1 Å². The van der Waals surface area contributed by atoms with E-state index in [2.05, 4.69) is 4.99 Å². The molecule has 32 heavy (non-hydrogen) atoms. The molecule has 0 saturated carbocycles. The number of nitrogens with zero attached hydrogens (tertiary/aromatic N) is 3. The Bertz CT molecular complexity index is 1060. The standard InChI is InChI=1S/C23H24F3N3O3/c1-14(2)22(30)29-10-8-28(9-11-29)21-17-13-16(31-3)5-7-19(17)32-20-6-4-15(23(24,25)26)12-18(20)27-21/h4-7,12-14H,8-11H2,1-3H3. The van der Waals surface area contributed by atoms with Crippen LogP contribution in [0.25, 0.3) is 0 Å². The first-order chi connectivity index (χ1) is 15.2. The SMILES string of the molecule is COc1ccc2c(c1)C(N1CCN(C(=O)C(C)C)CC1)=Nc1cc(C(F)(F)F)ccc1O2. The van der Waals surface area contributed by atoms with Gasteiger partial charge in [-0.1, -0.05) is 13.8 Å². The molecule has 170 valence electrons. The minimum Gasteiger partial charge on any atom is -0.497 e. The van der Waals surface area contributed by atoms with Crippen LogP contribution in [0, 0.1) is 5.92 Å². The van der Waals surface area contributed by atoms with E-state index in [4.69, 9.17) is 9.47 Å². The van der Waals surface area contributed by atoms with Crippen molar-refractivity contribution >= 4 is 17.4 Å². The van der Waals surface area contributed by atoms with Gasteiger partial charge in [0.05, 0.1) is 18.2 Å². The number of aliphatic imine (C=N–C) groups is 1. The third-order valence-electron chi connectivity index (χ3n) is 5.54. The highest BCUT2D eigenvalue weighted by Gasteiger charge is 2.33. The zero-order valence-corrected chi connectivity index (χ0v) is 18.1. The minimum absolute atomic E-state index is 0.0815. The van der Waals surface area contributed by atoms with E-state index in [1.807, 2.05) is 18.7 Å². The number of fused-ring (bicyclic) bond motifs is 2. The molecule has 2 aromatic rings. The molecule has 0 aromatic heterocycles. The summed E-state index contributed by atoms with van der Waals surface area (Å²) in [6.07, 6.45) is -4.49. The van der Waals surface area contributed by atoms with Crippen LogP contribution in [0.5, 0.6) is 17.2 Å². The van der Waals surface area contributed by atoms with Gasteiger partial charge in [-0.05, 0) is 36.4 Å². The summed E-state index contributed by atoms with van der Waals surface area (Å²) >= 11 is 0. The molecule has 1 amide bonds. The van der Waals surface area contributed by atoms with Crippen molar-refractivity contribution in [1.82, 2.24) is 9.80 Å². The van der Waals surface area contributed by atoms with Crippen LogP contribution in [0.15, 0.2) is 41.4 Å². The second kappa shape index (κ2) is 8.37. The maximum absolute atomic E-state index is 13.3. The lowest BCUT2D eigenvalue weighted by Gasteiger charge is -2.37. The molecular formula is C23H24F3N3O3. The Morgan fingerprint density at radius 2 is 1.75 bits per heavy atom. The number of halogens is 3. The number of methoxy groups -OCH3 is 1. The van der Waals surface area contributed by atoms with Crippen molar-refractivity contribution < 1.29 is 27.4 Å². The first kappa shape index (κ1) is 22.0. The molecule has 0 aliphatic carbocycles. The fraction of sp³-hybridized carbons (Fsp3) is 0.391. The van der Waals surface area contributed by atoms with Gasteiger partial charge in [-0.3, -0.25) is 4.79 Å². The molecule has 4 rings (SSSR count). The summed E-state index contributed by atoms with van der Waals surface area (Å²) in [5.74, 6) is 1.78. The van der Waals surface area contributed by atoms with Crippen molar-refractivity contribution in [2.45, 2.75) is 20.0 Å². The van der Waals surface area contributed by atoms with Gasteiger partial charge < -0.3 is 19.3 Å². The fourth-order valence-electron chi connectivity index (χ4n) is 3.80. The van der Waals surface area contributed by atoms with Crippen molar-refractivity contribution in [2.75, 3.05) is 33.3 Å². The molecule has 0 spiro atoms. The van der Waals surface area contributed by atoms with Gasteiger partial charge >= 0.3 is 6.18 Å². The molecule has 2 aliphatic heterocycles. The lowest BCUT2D eigenvalue weighted by molar-refractivity contribution is -0.137. The van der Waals surface area contributed by atoms with Gasteiger partial charge in [0.25, 0.3) is 0 Å². The van der Waals surface area contributed by atoms with Crippen molar-refractivity contribution in [2.24, 2.45) is 10.9 Å². The van der Waals surface area contributed by atoms with Crippen molar-refractivity contribution in [3.8, 4) is 17.2 Å². The molecule has 6 nitrogen and oxygen atoms in total. The molecule has 9 heteroatoms. The molecule has 0 radical (unpaired) electrons. The highest BCUT2D eigenvalue weighted by molar-refractivity contribution is 6.04. The van der Waals surface area contributed by atoms with E-state index in [1.165, 1.54) is 13.2 Å². The minimum atomic E-state index is -4.49. The highest BCUT2D eigenvalue weighted by atomic mass is 19.4. The molecule has 2 aliphatic rings. The smallest absolute Gasteiger partial charge is 0.416 e. The Morgan fingerprint density at radius 3 is 2.38 bits per heavy atom. The Labute approximate surface area is 184 Å². The number of hydrogen-bond donors (Lipinski definition) is 0. The molecule has 1 saturated heterocycles. The first-order valence-corrected chi connectivity index (χ1v) is 10.4. The van der Waals surface area contributed by atoms with Gasteiger partial charge in [0.15, 0.2) is 5.75 Å². The van der Waals surface area contributed by atoms with Crippen molar-refractivity contribution in [3.63, 3.8) is 0 Å². The summed E-state index contributed by atoms with van der Waals surface area (Å²) in [6, 6.07) is 8.48. The summed E-state index contributed by atoms with van der Waals surface area (Å²) in [6.45, 7) is 5.74. The van der Waals surface area contributed by atoms with Crippen LogP contribution in [0.3, 0.4) is 0 Å². The first-order valence-electron chi connectivity index (χ1n) is 10.4. The van der Waals surface area contributed by atoms with Gasteiger partial charge in [0, 0.05) is 32.1 Å². The van der Waals surface area contributed by atoms with E-state index >= 15 is 0 Å². The average molecular weight is 447 g/mol. The van der Waals surface area contributed by atoms with Crippen LogP contribution in [-0.2, 0) is 11.0 Å². The summed E-state index contributed by atoms with van der Waals surface area (Å²) in [4.78, 5) is 20.7. The molecule has 0 bridgehead atoms. The number of amidine groups is 1. The molecule has 1 fully saturated rings. The summed E-state index contributed by atoms with van der Waals surface area (Å²) in [5, 5.41) is 0. The largest absolute Gasteiger partial charge is 0.497 e. The topological polar surface area (TPSA) is 54.4 Å². The monoisotopic (exact) mass is 447 g/mol. The highest BCUT2D eigenvalue weighted by Crippen LogP contribution is 2.42. The summed E-state index contributed by atoms with van der Waals surface area (Å²) in [7, 11) is 1.54. The Morgan fingerprint density at radius 1 is 1.06 bits per heavy atom. The number of alkyl halides is 3. The molecule has 2 aromatic carbocycles. The van der Waals surface area contributed by atoms with E-state index in [-0.39, 0.29) is 23.3 Å². The third kappa shape index (κ3) is 4.24. The molecular weight excluding hydrogens is 423 g/mol. The predicted molar refractivity (Wildman–Crippen MR) is 114 cm³/mol. The Kier molecular flexibility index (Phi) is 5.75. The zero-order chi connectivity index (χ0) is 23.0. The number of carbonyl (C=O) groups is 1.